The number of pyridine rings is 1. The van der Waals surface area contributed by atoms with Crippen molar-refractivity contribution in [1.29, 1.82) is 0 Å². The normalized spacial score (nSPS) is 15.4. The van der Waals surface area contributed by atoms with Gasteiger partial charge in [0.15, 0.2) is 0 Å². The van der Waals surface area contributed by atoms with Crippen LogP contribution in [0.4, 0.5) is 5.82 Å². The zero-order valence-corrected chi connectivity index (χ0v) is 19.1. The van der Waals surface area contributed by atoms with Gasteiger partial charge in [0.2, 0.25) is 5.91 Å². The predicted molar refractivity (Wildman–Crippen MR) is 131 cm³/mol. The van der Waals surface area contributed by atoms with Gasteiger partial charge in [0.05, 0.1) is 0 Å². The van der Waals surface area contributed by atoms with E-state index >= 15 is 0 Å². The van der Waals surface area contributed by atoms with Crippen molar-refractivity contribution < 1.29 is 9.53 Å². The molecule has 6 heteroatoms. The van der Waals surface area contributed by atoms with Crippen LogP contribution in [0.5, 0.6) is 0 Å². The lowest BCUT2D eigenvalue weighted by molar-refractivity contribution is -0.127. The fourth-order valence-corrected chi connectivity index (χ4v) is 4.25. The maximum absolute atomic E-state index is 12.6. The van der Waals surface area contributed by atoms with Crippen molar-refractivity contribution in [3.05, 3.63) is 96.2 Å². The summed E-state index contributed by atoms with van der Waals surface area (Å²) in [5, 5.41) is 3.10. The number of hydrogen-bond donors (Lipinski definition) is 1. The van der Waals surface area contributed by atoms with Crippen LogP contribution in [0.25, 0.3) is 0 Å². The molecule has 6 nitrogen and oxygen atoms in total. The number of amides is 1. The van der Waals surface area contributed by atoms with Crippen molar-refractivity contribution in [2.45, 2.75) is 19.1 Å². The molecule has 4 rings (SSSR count). The van der Waals surface area contributed by atoms with Gasteiger partial charge < -0.3 is 15.0 Å². The topological polar surface area (TPSA) is 57.7 Å². The summed E-state index contributed by atoms with van der Waals surface area (Å²) in [6.07, 6.45) is 1.56. The SMILES string of the molecule is CC(CN1CCN(c2ccccn2)CC1)NC(=O)COC(c1ccccc1)c1ccccc1. The minimum Gasteiger partial charge on any atom is -0.359 e. The molecule has 1 aliphatic rings. The van der Waals surface area contributed by atoms with E-state index in [0.717, 1.165) is 49.7 Å². The van der Waals surface area contributed by atoms with Gasteiger partial charge in [-0.2, -0.15) is 0 Å². The van der Waals surface area contributed by atoms with Gasteiger partial charge in [-0.3, -0.25) is 9.69 Å². The Kier molecular flexibility index (Phi) is 8.06. The first kappa shape index (κ1) is 23.0. The summed E-state index contributed by atoms with van der Waals surface area (Å²) < 4.78 is 6.09. The molecule has 2 aromatic carbocycles. The molecule has 1 N–H and O–H groups in total. The summed E-state index contributed by atoms with van der Waals surface area (Å²) in [5.74, 6) is 0.938. The monoisotopic (exact) mass is 444 g/mol. The van der Waals surface area contributed by atoms with E-state index in [-0.39, 0.29) is 24.7 Å². The van der Waals surface area contributed by atoms with Crippen LogP contribution >= 0.6 is 0 Å². The molecule has 0 spiro atoms. The van der Waals surface area contributed by atoms with E-state index in [4.69, 9.17) is 4.74 Å². The van der Waals surface area contributed by atoms with Crippen molar-refractivity contribution in [2.24, 2.45) is 0 Å². The van der Waals surface area contributed by atoms with E-state index in [9.17, 15) is 4.79 Å². The van der Waals surface area contributed by atoms with Crippen molar-refractivity contribution in [2.75, 3.05) is 44.2 Å². The molecule has 172 valence electrons. The quantitative estimate of drug-likeness (QED) is 0.547. The predicted octanol–water partition coefficient (Wildman–Crippen LogP) is 3.51. The number of piperazine rings is 1. The first-order valence-corrected chi connectivity index (χ1v) is 11.6. The molecule has 0 bridgehead atoms. The fourth-order valence-electron chi connectivity index (χ4n) is 4.25. The van der Waals surface area contributed by atoms with Crippen molar-refractivity contribution in [3.8, 4) is 0 Å². The minimum absolute atomic E-state index is 0.0201. The first-order valence-electron chi connectivity index (χ1n) is 11.6. The van der Waals surface area contributed by atoms with E-state index in [0.29, 0.717) is 0 Å². The lowest BCUT2D eigenvalue weighted by atomic mass is 10.0. The molecule has 33 heavy (non-hydrogen) atoms. The molecule has 1 amide bonds. The van der Waals surface area contributed by atoms with E-state index in [1.807, 2.05) is 79.0 Å². The third-order valence-electron chi connectivity index (χ3n) is 5.87. The number of rotatable bonds is 9. The highest BCUT2D eigenvalue weighted by Crippen LogP contribution is 2.25. The number of hydrogen-bond acceptors (Lipinski definition) is 5. The van der Waals surface area contributed by atoms with Crippen molar-refractivity contribution >= 4 is 11.7 Å². The van der Waals surface area contributed by atoms with Crippen LogP contribution in [-0.2, 0) is 9.53 Å². The molecule has 1 saturated heterocycles. The average molecular weight is 445 g/mol. The number of carbonyl (C=O) groups excluding carboxylic acids is 1. The van der Waals surface area contributed by atoms with Gasteiger partial charge in [-0.05, 0) is 30.2 Å². The smallest absolute Gasteiger partial charge is 0.246 e. The Balaban J connectivity index is 1.24. The Labute approximate surface area is 196 Å². The number of nitrogens with zero attached hydrogens (tertiary/aromatic N) is 3. The summed E-state index contributed by atoms with van der Waals surface area (Å²) in [5.41, 5.74) is 2.07. The molecule has 3 aromatic rings. The highest BCUT2D eigenvalue weighted by molar-refractivity contribution is 5.77. The Hall–Kier alpha value is -3.22. The lowest BCUT2D eigenvalue weighted by Crippen LogP contribution is -2.51. The van der Waals surface area contributed by atoms with Crippen LogP contribution in [0.2, 0.25) is 0 Å². The summed E-state index contributed by atoms with van der Waals surface area (Å²) in [4.78, 5) is 21.8. The molecule has 1 aliphatic heterocycles. The highest BCUT2D eigenvalue weighted by atomic mass is 16.5. The van der Waals surface area contributed by atoms with Gasteiger partial charge >= 0.3 is 0 Å². The molecular formula is C27H32N4O2. The van der Waals surface area contributed by atoms with Gasteiger partial charge in [0.1, 0.15) is 18.5 Å². The lowest BCUT2D eigenvalue weighted by Gasteiger charge is -2.36. The highest BCUT2D eigenvalue weighted by Gasteiger charge is 2.21. The third kappa shape index (κ3) is 6.63. The zero-order chi connectivity index (χ0) is 22.9. The number of anilines is 1. The van der Waals surface area contributed by atoms with Gasteiger partial charge in [-0.25, -0.2) is 4.98 Å². The Morgan fingerprint density at radius 1 is 0.909 bits per heavy atom. The second-order valence-electron chi connectivity index (χ2n) is 8.46. The Bertz CT molecular complexity index is 937. The van der Waals surface area contributed by atoms with Gasteiger partial charge in [0.25, 0.3) is 0 Å². The molecule has 2 heterocycles. The molecule has 1 atom stereocenters. The van der Waals surface area contributed by atoms with E-state index in [1.165, 1.54) is 0 Å². The first-order chi connectivity index (χ1) is 16.2. The van der Waals surface area contributed by atoms with Crippen LogP contribution in [0, 0.1) is 0 Å². The van der Waals surface area contributed by atoms with Crippen molar-refractivity contribution in [3.63, 3.8) is 0 Å². The maximum atomic E-state index is 12.6. The maximum Gasteiger partial charge on any atom is 0.246 e. The van der Waals surface area contributed by atoms with Crippen molar-refractivity contribution in [1.82, 2.24) is 15.2 Å². The van der Waals surface area contributed by atoms with Gasteiger partial charge in [0, 0.05) is 45.0 Å². The number of benzene rings is 2. The summed E-state index contributed by atoms with van der Waals surface area (Å²) >= 11 is 0. The Morgan fingerprint density at radius 2 is 1.52 bits per heavy atom. The summed E-state index contributed by atoms with van der Waals surface area (Å²) in [7, 11) is 0. The number of nitrogens with one attached hydrogen (secondary N) is 1. The van der Waals surface area contributed by atoms with Gasteiger partial charge in [-0.1, -0.05) is 66.7 Å². The van der Waals surface area contributed by atoms with Crippen LogP contribution < -0.4 is 10.2 Å². The molecule has 0 saturated carbocycles. The van der Waals surface area contributed by atoms with Crippen LogP contribution in [0.15, 0.2) is 85.1 Å². The Morgan fingerprint density at radius 3 is 2.09 bits per heavy atom. The number of ether oxygens (including phenoxy) is 1. The second kappa shape index (κ2) is 11.6. The minimum atomic E-state index is -0.270. The van der Waals surface area contributed by atoms with E-state index in [2.05, 4.69) is 33.1 Å². The summed E-state index contributed by atoms with van der Waals surface area (Å²) in [6, 6.07) is 26.1. The molecule has 0 aliphatic carbocycles. The molecule has 1 unspecified atom stereocenters. The largest absolute Gasteiger partial charge is 0.359 e. The number of aromatic nitrogens is 1. The summed E-state index contributed by atoms with van der Waals surface area (Å²) in [6.45, 7) is 6.69. The molecule has 1 aromatic heterocycles. The second-order valence-corrected chi connectivity index (χ2v) is 8.46. The van der Waals surface area contributed by atoms with Crippen LogP contribution in [0.1, 0.15) is 24.2 Å². The van der Waals surface area contributed by atoms with Crippen LogP contribution in [-0.4, -0.2) is 61.2 Å². The van der Waals surface area contributed by atoms with Crippen LogP contribution in [0.3, 0.4) is 0 Å². The average Bonchev–Trinajstić information content (AvgIpc) is 2.86. The molecule has 0 radical (unpaired) electrons. The standard InChI is InChI=1S/C27H32N4O2/c1-22(20-30-16-18-31(19-17-30)25-14-8-9-15-28-25)29-26(32)21-33-27(23-10-4-2-5-11-23)24-12-6-3-7-13-24/h2-15,22,27H,16-21H2,1H3,(H,29,32). The fraction of sp³-hybridized carbons (Fsp3) is 0.333. The van der Waals surface area contributed by atoms with E-state index < -0.39 is 0 Å². The third-order valence-corrected chi connectivity index (χ3v) is 5.87. The zero-order valence-electron chi connectivity index (χ0n) is 19.1. The van der Waals surface area contributed by atoms with Gasteiger partial charge in [-0.15, -0.1) is 0 Å². The van der Waals surface area contributed by atoms with E-state index in [1.54, 1.807) is 0 Å². The number of carbonyl (C=O) groups is 1. The molecular weight excluding hydrogens is 412 g/mol. The molecule has 1 fully saturated rings.